The molecule has 174 valence electrons. The van der Waals surface area contributed by atoms with E-state index in [1.807, 2.05) is 0 Å². The topological polar surface area (TPSA) is 52.1 Å². The average Bonchev–Trinajstić information content (AvgIpc) is 2.77. The Morgan fingerprint density at radius 3 is 2.35 bits per heavy atom. The van der Waals surface area contributed by atoms with Gasteiger partial charge in [0.05, 0.1) is 6.54 Å². The van der Waals surface area contributed by atoms with Gasteiger partial charge in [-0.05, 0) is 49.3 Å². The van der Waals surface area contributed by atoms with E-state index >= 15 is 0 Å². The summed E-state index contributed by atoms with van der Waals surface area (Å²) >= 11 is 0. The van der Waals surface area contributed by atoms with E-state index in [9.17, 15) is 0 Å². The number of aliphatic imine (C=N–C) groups is 1. The number of likely N-dealkylation sites (N-methyl/N-ethyl adjacent to an activating group) is 1. The third-order valence-corrected chi connectivity index (χ3v) is 7.06. The third kappa shape index (κ3) is 7.19. The van der Waals surface area contributed by atoms with Gasteiger partial charge in [-0.3, -0.25) is 4.90 Å². The number of methoxy groups -OCH3 is 1. The highest BCUT2D eigenvalue weighted by molar-refractivity contribution is 5.79. The molecule has 1 aliphatic carbocycles. The van der Waals surface area contributed by atoms with Crippen molar-refractivity contribution in [1.29, 1.82) is 0 Å². The van der Waals surface area contributed by atoms with E-state index in [0.717, 1.165) is 58.3 Å². The smallest absolute Gasteiger partial charge is 0.191 e. The molecule has 0 amide bonds. The lowest BCUT2D eigenvalue weighted by molar-refractivity contribution is 0.0732. The third-order valence-electron chi connectivity index (χ3n) is 7.06. The van der Waals surface area contributed by atoms with Gasteiger partial charge in [-0.2, -0.15) is 0 Å². The van der Waals surface area contributed by atoms with Gasteiger partial charge in [0.25, 0.3) is 0 Å². The van der Waals surface area contributed by atoms with E-state index in [0.29, 0.717) is 12.0 Å². The Morgan fingerprint density at radius 2 is 1.74 bits per heavy atom. The molecular formula is C25H43N5O. The molecule has 0 aromatic heterocycles. The molecule has 1 aliphatic heterocycles. The number of hydrogen-bond donors (Lipinski definition) is 2. The number of piperazine rings is 1. The van der Waals surface area contributed by atoms with Crippen LogP contribution >= 0.6 is 0 Å². The molecule has 0 atom stereocenters. The standard InChI is InChI=1S/C25H43N5O/c1-4-26-24(28-21-25(11-8-12-25)13-18-31-3)27-19-22-9-6-7-10-23(22)20-30-16-14-29(5-2)15-17-30/h6-7,9-10H,4-5,8,11-21H2,1-3H3,(H2,26,27,28). The summed E-state index contributed by atoms with van der Waals surface area (Å²) in [4.78, 5) is 10.0. The summed E-state index contributed by atoms with van der Waals surface area (Å²) in [7, 11) is 1.80. The number of rotatable bonds is 11. The molecule has 6 nitrogen and oxygen atoms in total. The first kappa shape index (κ1) is 24.0. The maximum Gasteiger partial charge on any atom is 0.191 e. The van der Waals surface area contributed by atoms with Crippen LogP contribution in [0.2, 0.25) is 0 Å². The normalized spacial score (nSPS) is 19.8. The van der Waals surface area contributed by atoms with Crippen LogP contribution in [-0.4, -0.2) is 75.3 Å². The van der Waals surface area contributed by atoms with Crippen molar-refractivity contribution in [3.63, 3.8) is 0 Å². The average molecular weight is 430 g/mol. The van der Waals surface area contributed by atoms with Gasteiger partial charge in [0.15, 0.2) is 5.96 Å². The van der Waals surface area contributed by atoms with Gasteiger partial charge >= 0.3 is 0 Å². The first-order valence-electron chi connectivity index (χ1n) is 12.2. The summed E-state index contributed by atoms with van der Waals surface area (Å²) in [5, 5.41) is 7.06. The Bertz CT molecular complexity index is 680. The van der Waals surface area contributed by atoms with Crippen LogP contribution in [0.5, 0.6) is 0 Å². The van der Waals surface area contributed by atoms with E-state index in [1.54, 1.807) is 7.11 Å². The molecule has 0 spiro atoms. The second kappa shape index (κ2) is 12.4. The van der Waals surface area contributed by atoms with Crippen molar-refractivity contribution < 1.29 is 4.74 Å². The SMILES string of the molecule is CCNC(=NCc1ccccc1CN1CCN(CC)CC1)NCC1(CCOC)CCC1. The van der Waals surface area contributed by atoms with Crippen LogP contribution in [0.4, 0.5) is 0 Å². The first-order valence-corrected chi connectivity index (χ1v) is 12.2. The van der Waals surface area contributed by atoms with Crippen molar-refractivity contribution >= 4 is 5.96 Å². The van der Waals surface area contributed by atoms with Crippen LogP contribution in [0.3, 0.4) is 0 Å². The van der Waals surface area contributed by atoms with Crippen molar-refractivity contribution in [2.24, 2.45) is 10.4 Å². The fraction of sp³-hybridized carbons (Fsp3) is 0.720. The van der Waals surface area contributed by atoms with Gasteiger partial charge in [0.1, 0.15) is 0 Å². The minimum Gasteiger partial charge on any atom is -0.385 e. The monoisotopic (exact) mass is 429 g/mol. The van der Waals surface area contributed by atoms with Crippen LogP contribution in [-0.2, 0) is 17.8 Å². The maximum absolute atomic E-state index is 5.34. The largest absolute Gasteiger partial charge is 0.385 e. The van der Waals surface area contributed by atoms with E-state index in [1.165, 1.54) is 43.5 Å². The molecule has 2 N–H and O–H groups in total. The van der Waals surface area contributed by atoms with Crippen molar-refractivity contribution in [2.45, 2.75) is 52.6 Å². The predicted molar refractivity (Wildman–Crippen MR) is 129 cm³/mol. The first-order chi connectivity index (χ1) is 15.2. The number of nitrogens with zero attached hydrogens (tertiary/aromatic N) is 3. The van der Waals surface area contributed by atoms with E-state index in [2.05, 4.69) is 58.5 Å². The molecule has 1 heterocycles. The van der Waals surface area contributed by atoms with E-state index < -0.39 is 0 Å². The molecule has 3 rings (SSSR count). The van der Waals surface area contributed by atoms with E-state index in [4.69, 9.17) is 9.73 Å². The summed E-state index contributed by atoms with van der Waals surface area (Å²) in [5.74, 6) is 0.928. The number of hydrogen-bond acceptors (Lipinski definition) is 4. The fourth-order valence-corrected chi connectivity index (χ4v) is 4.66. The number of benzene rings is 1. The molecule has 2 aliphatic rings. The summed E-state index contributed by atoms with van der Waals surface area (Å²) in [6, 6.07) is 8.80. The van der Waals surface area contributed by atoms with Crippen molar-refractivity contribution in [3.8, 4) is 0 Å². The van der Waals surface area contributed by atoms with Crippen molar-refractivity contribution in [1.82, 2.24) is 20.4 Å². The van der Waals surface area contributed by atoms with Crippen LogP contribution in [0.15, 0.2) is 29.3 Å². The molecule has 1 saturated heterocycles. The van der Waals surface area contributed by atoms with E-state index in [-0.39, 0.29) is 0 Å². The fourth-order valence-electron chi connectivity index (χ4n) is 4.66. The van der Waals surface area contributed by atoms with Crippen LogP contribution < -0.4 is 10.6 Å². The summed E-state index contributed by atoms with van der Waals surface area (Å²) < 4.78 is 5.34. The maximum atomic E-state index is 5.34. The van der Waals surface area contributed by atoms with Gasteiger partial charge in [-0.25, -0.2) is 4.99 Å². The Balaban J connectivity index is 1.58. The van der Waals surface area contributed by atoms with Crippen molar-refractivity contribution in [2.75, 3.05) is 59.5 Å². The lowest BCUT2D eigenvalue weighted by Crippen LogP contribution is -2.47. The molecule has 0 bridgehead atoms. The Morgan fingerprint density at radius 1 is 1.03 bits per heavy atom. The molecule has 6 heteroatoms. The van der Waals surface area contributed by atoms with Gasteiger partial charge in [0.2, 0.25) is 0 Å². The highest BCUT2D eigenvalue weighted by atomic mass is 16.5. The van der Waals surface area contributed by atoms with Crippen molar-refractivity contribution in [3.05, 3.63) is 35.4 Å². The number of guanidine groups is 1. The second-order valence-corrected chi connectivity index (χ2v) is 9.12. The highest BCUT2D eigenvalue weighted by Gasteiger charge is 2.36. The quantitative estimate of drug-likeness (QED) is 0.418. The number of nitrogens with one attached hydrogen (secondary N) is 2. The molecule has 1 aromatic carbocycles. The van der Waals surface area contributed by atoms with Gasteiger partial charge < -0.3 is 20.3 Å². The minimum atomic E-state index is 0.380. The van der Waals surface area contributed by atoms with Crippen LogP contribution in [0, 0.1) is 5.41 Å². The molecular weight excluding hydrogens is 386 g/mol. The van der Waals surface area contributed by atoms with Crippen LogP contribution in [0.1, 0.15) is 50.7 Å². The van der Waals surface area contributed by atoms with Crippen LogP contribution in [0.25, 0.3) is 0 Å². The zero-order chi connectivity index (χ0) is 21.9. The molecule has 2 fully saturated rings. The Labute approximate surface area is 189 Å². The molecule has 31 heavy (non-hydrogen) atoms. The van der Waals surface area contributed by atoms with Gasteiger partial charge in [-0.15, -0.1) is 0 Å². The lowest BCUT2D eigenvalue weighted by atomic mass is 9.67. The molecule has 0 radical (unpaired) electrons. The molecule has 1 saturated carbocycles. The molecule has 1 aromatic rings. The number of ether oxygens (including phenoxy) is 1. The molecule has 0 unspecified atom stereocenters. The summed E-state index contributed by atoms with van der Waals surface area (Å²) in [6.07, 6.45) is 5.04. The Hall–Kier alpha value is -1.63. The Kier molecular flexibility index (Phi) is 9.62. The second-order valence-electron chi connectivity index (χ2n) is 9.12. The summed E-state index contributed by atoms with van der Waals surface area (Å²) in [6.45, 7) is 14.6. The zero-order valence-electron chi connectivity index (χ0n) is 20.0. The highest BCUT2D eigenvalue weighted by Crippen LogP contribution is 2.43. The van der Waals surface area contributed by atoms with Gasteiger partial charge in [-0.1, -0.05) is 37.6 Å². The zero-order valence-corrected chi connectivity index (χ0v) is 20.0. The van der Waals surface area contributed by atoms with Gasteiger partial charge in [0, 0.05) is 59.5 Å². The lowest BCUT2D eigenvalue weighted by Gasteiger charge is -2.42. The minimum absolute atomic E-state index is 0.380. The predicted octanol–water partition coefficient (Wildman–Crippen LogP) is 3.09. The summed E-state index contributed by atoms with van der Waals surface area (Å²) in [5.41, 5.74) is 3.11.